The van der Waals surface area contributed by atoms with E-state index in [2.05, 4.69) is 31.6 Å². The molecule has 0 bridgehead atoms. The second-order valence-electron chi connectivity index (χ2n) is 5.30. The summed E-state index contributed by atoms with van der Waals surface area (Å²) in [6, 6.07) is 11.3. The van der Waals surface area contributed by atoms with Crippen LogP contribution in [0, 0.1) is 4.77 Å². The normalized spacial score (nSPS) is 10.6. The number of aromatic amines is 1. The van der Waals surface area contributed by atoms with Gasteiger partial charge >= 0.3 is 0 Å². The predicted octanol–water partition coefficient (Wildman–Crippen LogP) is 4.69. The Morgan fingerprint density at radius 1 is 1.31 bits per heavy atom. The molecule has 0 spiro atoms. The zero-order valence-electron chi connectivity index (χ0n) is 13.8. The Kier molecular flexibility index (Phi) is 6.18. The molecule has 0 saturated heterocycles. The summed E-state index contributed by atoms with van der Waals surface area (Å²) < 4.78 is 14.5. The molecule has 0 saturated carbocycles. The number of rotatable bonds is 7. The monoisotopic (exact) mass is 454 g/mol. The van der Waals surface area contributed by atoms with Gasteiger partial charge in [-0.15, -0.1) is 0 Å². The number of aromatic nitrogens is 3. The highest BCUT2D eigenvalue weighted by molar-refractivity contribution is 9.10. The van der Waals surface area contributed by atoms with Crippen molar-refractivity contribution in [3.63, 3.8) is 0 Å². The highest BCUT2D eigenvalue weighted by atomic mass is 79.9. The third-order valence-corrected chi connectivity index (χ3v) is 5.10. The van der Waals surface area contributed by atoms with Gasteiger partial charge in [0.2, 0.25) is 4.77 Å². The minimum Gasteiger partial charge on any atom is -0.493 e. The van der Waals surface area contributed by atoms with Crippen LogP contribution in [0.2, 0.25) is 5.02 Å². The molecule has 1 heterocycles. The number of ether oxygens (including phenoxy) is 2. The number of nitrogens with zero attached hydrogens (tertiary/aromatic N) is 2. The summed E-state index contributed by atoms with van der Waals surface area (Å²) in [7, 11) is 1.61. The van der Waals surface area contributed by atoms with Gasteiger partial charge in [0.15, 0.2) is 11.5 Å². The molecule has 26 heavy (non-hydrogen) atoms. The molecular weight excluding hydrogens is 440 g/mol. The first kappa shape index (κ1) is 18.8. The highest BCUT2D eigenvalue weighted by Gasteiger charge is 2.15. The molecule has 3 aromatic rings. The summed E-state index contributed by atoms with van der Waals surface area (Å²) in [5.41, 5.74) is 4.96. The standard InChI is InChI=1S/C17H16BrClN4O2S/c1-24-15-7-6-13(18)12(8-21-23-10-20-22-17(23)26)16(15)25-9-11-4-2-3-5-14(11)19/h2-7,10,21H,8-9H2,1H3,(H,22,26). The second kappa shape index (κ2) is 8.57. The molecule has 0 aliphatic rings. The maximum atomic E-state index is 6.22. The summed E-state index contributed by atoms with van der Waals surface area (Å²) in [6.07, 6.45) is 1.57. The minimum atomic E-state index is 0.324. The lowest BCUT2D eigenvalue weighted by atomic mass is 10.2. The maximum Gasteiger partial charge on any atom is 0.214 e. The van der Waals surface area contributed by atoms with E-state index < -0.39 is 0 Å². The van der Waals surface area contributed by atoms with Gasteiger partial charge < -0.3 is 14.9 Å². The fraction of sp³-hybridized carbons (Fsp3) is 0.176. The number of nitrogens with one attached hydrogen (secondary N) is 2. The summed E-state index contributed by atoms with van der Waals surface area (Å²) in [5, 5.41) is 7.24. The second-order valence-corrected chi connectivity index (χ2v) is 6.95. The molecule has 9 heteroatoms. The van der Waals surface area contributed by atoms with Crippen LogP contribution < -0.4 is 14.9 Å². The Balaban J connectivity index is 1.86. The summed E-state index contributed by atoms with van der Waals surface area (Å²) >= 11 is 14.9. The smallest absolute Gasteiger partial charge is 0.214 e. The van der Waals surface area contributed by atoms with E-state index in [9.17, 15) is 0 Å². The number of hydrogen-bond acceptors (Lipinski definition) is 5. The van der Waals surface area contributed by atoms with Crippen LogP contribution in [-0.4, -0.2) is 22.0 Å². The van der Waals surface area contributed by atoms with E-state index in [-0.39, 0.29) is 0 Å². The fourth-order valence-electron chi connectivity index (χ4n) is 2.36. The van der Waals surface area contributed by atoms with Gasteiger partial charge in [-0.25, -0.2) is 4.68 Å². The molecule has 2 N–H and O–H groups in total. The number of hydrogen-bond donors (Lipinski definition) is 2. The Hall–Kier alpha value is -2.03. The van der Waals surface area contributed by atoms with Crippen LogP contribution in [0.5, 0.6) is 11.5 Å². The van der Waals surface area contributed by atoms with Crippen molar-refractivity contribution in [2.45, 2.75) is 13.2 Å². The van der Waals surface area contributed by atoms with Crippen molar-refractivity contribution in [1.29, 1.82) is 0 Å². The molecule has 0 aliphatic carbocycles. The highest BCUT2D eigenvalue weighted by Crippen LogP contribution is 2.37. The van der Waals surface area contributed by atoms with Gasteiger partial charge in [0.25, 0.3) is 0 Å². The Morgan fingerprint density at radius 3 is 2.81 bits per heavy atom. The summed E-state index contributed by atoms with van der Waals surface area (Å²) in [6.45, 7) is 0.772. The lowest BCUT2D eigenvalue weighted by molar-refractivity contribution is 0.281. The molecule has 0 radical (unpaired) electrons. The van der Waals surface area contributed by atoms with E-state index >= 15 is 0 Å². The zero-order valence-corrected chi connectivity index (χ0v) is 17.0. The lowest BCUT2D eigenvalue weighted by Gasteiger charge is -2.18. The molecule has 136 valence electrons. The van der Waals surface area contributed by atoms with E-state index in [4.69, 9.17) is 33.3 Å². The molecule has 1 aromatic heterocycles. The number of halogens is 2. The molecule has 6 nitrogen and oxygen atoms in total. The lowest BCUT2D eigenvalue weighted by Crippen LogP contribution is -2.15. The molecule has 0 unspecified atom stereocenters. The van der Waals surface area contributed by atoms with E-state index in [1.54, 1.807) is 18.1 Å². The van der Waals surface area contributed by atoms with Crippen molar-refractivity contribution in [2.24, 2.45) is 0 Å². The van der Waals surface area contributed by atoms with Gasteiger partial charge in [0.05, 0.1) is 13.7 Å². The van der Waals surface area contributed by atoms with Crippen molar-refractivity contribution in [3.05, 3.63) is 68.1 Å². The van der Waals surface area contributed by atoms with Gasteiger partial charge in [-0.1, -0.05) is 45.7 Å². The summed E-state index contributed by atoms with van der Waals surface area (Å²) in [4.78, 5) is 0. The van der Waals surface area contributed by atoms with Gasteiger partial charge in [-0.3, -0.25) is 5.10 Å². The average molecular weight is 456 g/mol. The summed E-state index contributed by atoms with van der Waals surface area (Å²) in [5.74, 6) is 1.26. The first-order chi connectivity index (χ1) is 12.6. The third kappa shape index (κ3) is 4.20. The van der Waals surface area contributed by atoms with Gasteiger partial charge in [0.1, 0.15) is 12.9 Å². The van der Waals surface area contributed by atoms with Crippen LogP contribution in [0.25, 0.3) is 0 Å². The van der Waals surface area contributed by atoms with E-state index in [1.165, 1.54) is 0 Å². The topological polar surface area (TPSA) is 64.1 Å². The van der Waals surface area contributed by atoms with Crippen molar-refractivity contribution < 1.29 is 9.47 Å². The van der Waals surface area contributed by atoms with Crippen LogP contribution >= 0.6 is 39.7 Å². The molecule has 0 amide bonds. The SMILES string of the molecule is COc1ccc(Br)c(CNn2cn[nH]c2=S)c1OCc1ccccc1Cl. The Bertz CT molecular complexity index is 960. The quantitative estimate of drug-likeness (QED) is 0.506. The maximum absolute atomic E-state index is 6.22. The average Bonchev–Trinajstić information content (AvgIpc) is 3.05. The van der Waals surface area contributed by atoms with Crippen molar-refractivity contribution >= 4 is 39.7 Å². The number of methoxy groups -OCH3 is 1. The van der Waals surface area contributed by atoms with E-state index in [0.717, 1.165) is 15.6 Å². The van der Waals surface area contributed by atoms with E-state index in [1.807, 2.05) is 36.4 Å². The Labute approximate surface area is 169 Å². The van der Waals surface area contributed by atoms with Gasteiger partial charge in [-0.2, -0.15) is 5.10 Å². The Morgan fingerprint density at radius 2 is 2.12 bits per heavy atom. The molecule has 0 atom stereocenters. The first-order valence-electron chi connectivity index (χ1n) is 7.67. The van der Waals surface area contributed by atoms with Gasteiger partial charge in [0, 0.05) is 20.6 Å². The molecule has 3 rings (SSSR count). The molecular formula is C17H16BrClN4O2S. The van der Waals surface area contributed by atoms with Crippen LogP contribution in [0.1, 0.15) is 11.1 Å². The predicted molar refractivity (Wildman–Crippen MR) is 107 cm³/mol. The van der Waals surface area contributed by atoms with Crippen molar-refractivity contribution in [1.82, 2.24) is 14.9 Å². The third-order valence-electron chi connectivity index (χ3n) is 3.70. The minimum absolute atomic E-state index is 0.324. The first-order valence-corrected chi connectivity index (χ1v) is 9.25. The van der Waals surface area contributed by atoms with Crippen LogP contribution in [0.15, 0.2) is 47.2 Å². The zero-order chi connectivity index (χ0) is 18.5. The van der Waals surface area contributed by atoms with Crippen molar-refractivity contribution in [2.75, 3.05) is 12.5 Å². The van der Waals surface area contributed by atoms with Crippen LogP contribution in [-0.2, 0) is 13.2 Å². The molecule has 0 fully saturated rings. The fourth-order valence-corrected chi connectivity index (χ4v) is 3.16. The van der Waals surface area contributed by atoms with Crippen LogP contribution in [0.4, 0.5) is 0 Å². The van der Waals surface area contributed by atoms with Crippen molar-refractivity contribution in [3.8, 4) is 11.5 Å². The largest absolute Gasteiger partial charge is 0.493 e. The molecule has 0 aliphatic heterocycles. The number of H-pyrrole nitrogens is 1. The van der Waals surface area contributed by atoms with Crippen LogP contribution in [0.3, 0.4) is 0 Å². The number of benzene rings is 2. The van der Waals surface area contributed by atoms with Gasteiger partial charge in [-0.05, 0) is 30.4 Å². The van der Waals surface area contributed by atoms with E-state index in [0.29, 0.717) is 34.4 Å². The molecule has 2 aromatic carbocycles.